The van der Waals surface area contributed by atoms with Crippen molar-refractivity contribution in [1.82, 2.24) is 0 Å². The summed E-state index contributed by atoms with van der Waals surface area (Å²) in [6.07, 6.45) is 17.7. The lowest BCUT2D eigenvalue weighted by Gasteiger charge is -2.47. The molecule has 2 aliphatic carbocycles. The summed E-state index contributed by atoms with van der Waals surface area (Å²) in [4.78, 5) is 1.82. The highest BCUT2D eigenvalue weighted by Crippen LogP contribution is 2.45. The molecule has 2 heterocycles. The Morgan fingerprint density at radius 1 is 0.905 bits per heavy atom. The first-order valence-electron chi connectivity index (χ1n) is 9.61. The summed E-state index contributed by atoms with van der Waals surface area (Å²) >= 11 is 0. The van der Waals surface area contributed by atoms with E-state index in [1.54, 1.807) is 0 Å². The SMILES string of the molecule is C1=C2[C@@H]3CCCC[C@@H]3O[C@@H](C[NH+]3CCCCC3)[C@H]2CCC1. The molecule has 0 radical (unpaired) electrons. The van der Waals surface area contributed by atoms with E-state index in [1.165, 1.54) is 83.8 Å². The molecular weight excluding hydrogens is 258 g/mol. The van der Waals surface area contributed by atoms with Crippen LogP contribution in [0, 0.1) is 11.8 Å². The van der Waals surface area contributed by atoms with Gasteiger partial charge in [-0.1, -0.05) is 24.5 Å². The second-order valence-corrected chi connectivity index (χ2v) is 7.86. The number of allylic oxidation sites excluding steroid dienone is 1. The van der Waals surface area contributed by atoms with E-state index in [4.69, 9.17) is 4.74 Å². The number of quaternary nitrogens is 1. The van der Waals surface area contributed by atoms with Gasteiger partial charge in [-0.25, -0.2) is 0 Å². The Hall–Kier alpha value is -0.340. The number of likely N-dealkylation sites (tertiary alicyclic amines) is 1. The van der Waals surface area contributed by atoms with E-state index in [9.17, 15) is 0 Å². The Labute approximate surface area is 129 Å². The second-order valence-electron chi connectivity index (χ2n) is 7.86. The van der Waals surface area contributed by atoms with Crippen molar-refractivity contribution in [2.45, 2.75) is 76.4 Å². The molecule has 118 valence electrons. The van der Waals surface area contributed by atoms with Gasteiger partial charge in [0.05, 0.1) is 19.2 Å². The number of piperidine rings is 1. The molecule has 0 aromatic carbocycles. The van der Waals surface area contributed by atoms with Crippen molar-refractivity contribution >= 4 is 0 Å². The number of hydrogen-bond acceptors (Lipinski definition) is 1. The van der Waals surface area contributed by atoms with Crippen LogP contribution in [0.4, 0.5) is 0 Å². The van der Waals surface area contributed by atoms with E-state index in [2.05, 4.69) is 6.08 Å². The first-order valence-corrected chi connectivity index (χ1v) is 9.61. The van der Waals surface area contributed by atoms with Gasteiger partial charge in [0.15, 0.2) is 0 Å². The number of hydrogen-bond donors (Lipinski definition) is 1. The van der Waals surface area contributed by atoms with E-state index < -0.39 is 0 Å². The highest BCUT2D eigenvalue weighted by Gasteiger charge is 2.44. The van der Waals surface area contributed by atoms with Crippen LogP contribution in [0.5, 0.6) is 0 Å². The molecule has 0 aromatic rings. The standard InChI is InChI=1S/C19H31NO/c1-6-12-20(13-7-1)14-19-17-10-3-2-8-15(17)16-9-4-5-11-18(16)21-19/h8,16-19H,1-7,9-14H2/p+1/t16-,17-,18-,19-/m0/s1. The van der Waals surface area contributed by atoms with Gasteiger partial charge in [-0.2, -0.15) is 0 Å². The van der Waals surface area contributed by atoms with E-state index in [0.717, 1.165) is 11.8 Å². The average molecular weight is 290 g/mol. The maximum atomic E-state index is 6.70. The van der Waals surface area contributed by atoms with Crippen LogP contribution in [-0.4, -0.2) is 31.8 Å². The fourth-order valence-electron chi connectivity index (χ4n) is 5.44. The van der Waals surface area contributed by atoms with Crippen LogP contribution in [0.2, 0.25) is 0 Å². The summed E-state index contributed by atoms with van der Waals surface area (Å²) in [5.41, 5.74) is 1.83. The third-order valence-corrected chi connectivity index (χ3v) is 6.51. The first kappa shape index (κ1) is 14.3. The number of rotatable bonds is 2. The van der Waals surface area contributed by atoms with E-state index in [0.29, 0.717) is 12.2 Å². The summed E-state index contributed by atoms with van der Waals surface area (Å²) in [6.45, 7) is 4.06. The topological polar surface area (TPSA) is 13.7 Å². The maximum absolute atomic E-state index is 6.70. The third-order valence-electron chi connectivity index (χ3n) is 6.51. The van der Waals surface area contributed by atoms with Crippen molar-refractivity contribution in [3.8, 4) is 0 Å². The molecule has 4 atom stereocenters. The summed E-state index contributed by atoms with van der Waals surface area (Å²) < 4.78 is 6.70. The molecule has 0 spiro atoms. The lowest BCUT2D eigenvalue weighted by molar-refractivity contribution is -0.908. The molecule has 21 heavy (non-hydrogen) atoms. The quantitative estimate of drug-likeness (QED) is 0.772. The summed E-state index contributed by atoms with van der Waals surface area (Å²) in [7, 11) is 0. The minimum atomic E-state index is 0.531. The van der Waals surface area contributed by atoms with Gasteiger partial charge in [-0.05, 0) is 51.4 Å². The fraction of sp³-hybridized carbons (Fsp3) is 0.895. The fourth-order valence-corrected chi connectivity index (χ4v) is 5.44. The van der Waals surface area contributed by atoms with E-state index in [-0.39, 0.29) is 0 Å². The normalized spacial score (nSPS) is 41.0. The van der Waals surface area contributed by atoms with Crippen molar-refractivity contribution in [3.05, 3.63) is 11.6 Å². The number of nitrogens with one attached hydrogen (secondary N) is 1. The Bertz CT molecular complexity index is 383. The average Bonchev–Trinajstić information content (AvgIpc) is 2.56. The minimum Gasteiger partial charge on any atom is -0.368 e. The molecule has 4 rings (SSSR count). The highest BCUT2D eigenvalue weighted by atomic mass is 16.5. The Morgan fingerprint density at radius 2 is 1.71 bits per heavy atom. The zero-order chi connectivity index (χ0) is 14.1. The zero-order valence-corrected chi connectivity index (χ0v) is 13.5. The maximum Gasteiger partial charge on any atom is 0.113 e. The molecule has 0 unspecified atom stereocenters. The van der Waals surface area contributed by atoms with Crippen LogP contribution in [0.25, 0.3) is 0 Å². The van der Waals surface area contributed by atoms with Crippen LogP contribution in [0.3, 0.4) is 0 Å². The molecule has 3 fully saturated rings. The van der Waals surface area contributed by atoms with Gasteiger partial charge in [0.1, 0.15) is 12.6 Å². The van der Waals surface area contributed by atoms with Crippen molar-refractivity contribution in [2.24, 2.45) is 11.8 Å². The Kier molecular flexibility index (Phi) is 4.36. The van der Waals surface area contributed by atoms with Gasteiger partial charge < -0.3 is 9.64 Å². The van der Waals surface area contributed by atoms with Gasteiger partial charge in [-0.3, -0.25) is 0 Å². The van der Waals surface area contributed by atoms with Crippen molar-refractivity contribution < 1.29 is 9.64 Å². The van der Waals surface area contributed by atoms with Gasteiger partial charge in [0.25, 0.3) is 0 Å². The highest BCUT2D eigenvalue weighted by molar-refractivity contribution is 5.20. The van der Waals surface area contributed by atoms with Gasteiger partial charge in [0, 0.05) is 11.8 Å². The second kappa shape index (κ2) is 6.42. The molecule has 1 N–H and O–H groups in total. The molecular formula is C19H32NO+. The molecule has 0 amide bonds. The molecule has 2 heteroatoms. The Morgan fingerprint density at radius 3 is 2.62 bits per heavy atom. The van der Waals surface area contributed by atoms with Crippen LogP contribution in [0.15, 0.2) is 11.6 Å². The van der Waals surface area contributed by atoms with Crippen LogP contribution >= 0.6 is 0 Å². The summed E-state index contributed by atoms with van der Waals surface area (Å²) in [5.74, 6) is 1.56. The van der Waals surface area contributed by atoms with Crippen molar-refractivity contribution in [2.75, 3.05) is 19.6 Å². The molecule has 4 aliphatic rings. The van der Waals surface area contributed by atoms with Gasteiger partial charge >= 0.3 is 0 Å². The van der Waals surface area contributed by atoms with Crippen LogP contribution in [-0.2, 0) is 4.74 Å². The summed E-state index contributed by atoms with van der Waals surface area (Å²) in [5, 5.41) is 0. The molecule has 2 nitrogen and oxygen atoms in total. The molecule has 1 saturated carbocycles. The van der Waals surface area contributed by atoms with Crippen LogP contribution < -0.4 is 4.90 Å². The first-order chi connectivity index (χ1) is 10.4. The molecule has 0 bridgehead atoms. The summed E-state index contributed by atoms with van der Waals surface area (Å²) in [6, 6.07) is 0. The predicted molar refractivity (Wildman–Crippen MR) is 85.5 cm³/mol. The number of fused-ring (bicyclic) bond motifs is 3. The zero-order valence-electron chi connectivity index (χ0n) is 13.5. The van der Waals surface area contributed by atoms with E-state index >= 15 is 0 Å². The third kappa shape index (κ3) is 2.94. The lowest BCUT2D eigenvalue weighted by Crippen LogP contribution is -3.14. The van der Waals surface area contributed by atoms with Gasteiger partial charge in [-0.15, -0.1) is 0 Å². The van der Waals surface area contributed by atoms with E-state index in [1.807, 2.05) is 10.5 Å². The number of ether oxygens (including phenoxy) is 1. The molecule has 0 aromatic heterocycles. The smallest absolute Gasteiger partial charge is 0.113 e. The van der Waals surface area contributed by atoms with Crippen LogP contribution in [0.1, 0.15) is 64.2 Å². The minimum absolute atomic E-state index is 0.531. The lowest BCUT2D eigenvalue weighted by atomic mass is 9.69. The predicted octanol–water partition coefficient (Wildman–Crippen LogP) is 2.74. The Balaban J connectivity index is 1.50. The van der Waals surface area contributed by atoms with Gasteiger partial charge in [0.2, 0.25) is 0 Å². The molecule has 2 aliphatic heterocycles. The molecule has 2 saturated heterocycles. The largest absolute Gasteiger partial charge is 0.368 e. The monoisotopic (exact) mass is 290 g/mol. The van der Waals surface area contributed by atoms with Crippen molar-refractivity contribution in [3.63, 3.8) is 0 Å². The van der Waals surface area contributed by atoms with Crippen molar-refractivity contribution in [1.29, 1.82) is 0 Å².